The first-order valence-electron chi connectivity index (χ1n) is 9.06. The van der Waals surface area contributed by atoms with E-state index >= 15 is 0 Å². The van der Waals surface area contributed by atoms with Crippen LogP contribution in [0.25, 0.3) is 5.69 Å². The van der Waals surface area contributed by atoms with Crippen molar-refractivity contribution in [1.29, 1.82) is 0 Å². The van der Waals surface area contributed by atoms with Crippen LogP contribution >= 0.6 is 11.6 Å². The summed E-state index contributed by atoms with van der Waals surface area (Å²) >= 11 is 6.02. The van der Waals surface area contributed by atoms with E-state index < -0.39 is 0 Å². The van der Waals surface area contributed by atoms with Crippen LogP contribution in [0.15, 0.2) is 48.5 Å². The molecule has 1 aromatic carbocycles. The minimum Gasteiger partial charge on any atom is -0.356 e. The number of hydrogen-bond acceptors (Lipinski definition) is 3. The van der Waals surface area contributed by atoms with Crippen LogP contribution in [0.4, 0.5) is 17.5 Å². The van der Waals surface area contributed by atoms with Crippen LogP contribution in [0.3, 0.4) is 0 Å². The number of halogens is 1. The Bertz CT molecular complexity index is 881. The number of rotatable bonds is 4. The zero-order chi connectivity index (χ0) is 17.9. The Morgan fingerprint density at radius 1 is 1.08 bits per heavy atom. The van der Waals surface area contributed by atoms with Gasteiger partial charge in [-0.2, -0.15) is 4.98 Å². The van der Waals surface area contributed by atoms with E-state index in [9.17, 15) is 0 Å². The van der Waals surface area contributed by atoms with Crippen LogP contribution in [0.5, 0.6) is 0 Å². The van der Waals surface area contributed by atoms with E-state index in [0.717, 1.165) is 46.9 Å². The second-order valence-corrected chi connectivity index (χ2v) is 7.13. The molecular formula is C20H23ClN5+. The molecule has 0 bridgehead atoms. The number of H-pyrrole nitrogens is 1. The number of nitrogens with zero attached hydrogens (tertiary/aromatic N) is 3. The maximum atomic E-state index is 6.02. The van der Waals surface area contributed by atoms with Crippen LogP contribution in [0.2, 0.25) is 5.02 Å². The molecule has 2 aromatic heterocycles. The van der Waals surface area contributed by atoms with Crippen LogP contribution in [-0.4, -0.2) is 23.2 Å². The minimum atomic E-state index is 0.725. The smallest absolute Gasteiger partial charge is 0.306 e. The lowest BCUT2D eigenvalue weighted by Crippen LogP contribution is -2.35. The molecule has 0 amide bonds. The number of aromatic nitrogens is 3. The highest BCUT2D eigenvalue weighted by atomic mass is 35.5. The molecule has 0 radical (unpaired) electrons. The molecule has 4 rings (SSSR count). The fraction of sp³-hybridized carbons (Fsp3) is 0.300. The van der Waals surface area contributed by atoms with Crippen molar-refractivity contribution in [2.75, 3.05) is 23.3 Å². The van der Waals surface area contributed by atoms with Crippen LogP contribution in [-0.2, 0) is 0 Å². The van der Waals surface area contributed by atoms with Gasteiger partial charge in [0.25, 0.3) is 0 Å². The number of benzene rings is 1. The molecule has 1 aliphatic rings. The van der Waals surface area contributed by atoms with Crippen molar-refractivity contribution in [3.8, 4) is 5.69 Å². The Balaban J connectivity index is 1.60. The van der Waals surface area contributed by atoms with E-state index in [0.29, 0.717) is 0 Å². The van der Waals surface area contributed by atoms with Crippen molar-refractivity contribution in [2.24, 2.45) is 0 Å². The summed E-state index contributed by atoms with van der Waals surface area (Å²) in [5.41, 5.74) is 2.08. The van der Waals surface area contributed by atoms with Gasteiger partial charge < -0.3 is 4.90 Å². The molecule has 1 fully saturated rings. The summed E-state index contributed by atoms with van der Waals surface area (Å²) in [6.45, 7) is 4.21. The lowest BCUT2D eigenvalue weighted by molar-refractivity contribution is -0.641. The van der Waals surface area contributed by atoms with E-state index in [1.54, 1.807) is 0 Å². The number of piperidine rings is 1. The zero-order valence-corrected chi connectivity index (χ0v) is 15.6. The van der Waals surface area contributed by atoms with Gasteiger partial charge in [0.2, 0.25) is 5.82 Å². The van der Waals surface area contributed by atoms with Crippen molar-refractivity contribution < 1.29 is 4.68 Å². The van der Waals surface area contributed by atoms with Crippen LogP contribution in [0.1, 0.15) is 25.0 Å². The monoisotopic (exact) mass is 368 g/mol. The second-order valence-electron chi connectivity index (χ2n) is 6.69. The summed E-state index contributed by atoms with van der Waals surface area (Å²) in [5.74, 6) is 2.82. The van der Waals surface area contributed by atoms with Crippen molar-refractivity contribution >= 4 is 29.1 Å². The topological polar surface area (TPSA) is 47.8 Å². The number of nitrogens with one attached hydrogen (secondary N) is 2. The zero-order valence-electron chi connectivity index (χ0n) is 14.9. The highest BCUT2D eigenvalue weighted by Crippen LogP contribution is 2.21. The lowest BCUT2D eigenvalue weighted by Gasteiger charge is -2.27. The van der Waals surface area contributed by atoms with Crippen LogP contribution < -0.4 is 14.9 Å². The molecule has 2 N–H and O–H groups in total. The molecule has 0 atom stereocenters. The lowest BCUT2D eigenvalue weighted by atomic mass is 10.1. The normalized spacial score (nSPS) is 14.5. The molecule has 0 aliphatic carbocycles. The van der Waals surface area contributed by atoms with Crippen molar-refractivity contribution in [1.82, 2.24) is 10.1 Å². The van der Waals surface area contributed by atoms with Gasteiger partial charge in [0.1, 0.15) is 5.82 Å². The average Bonchev–Trinajstić information content (AvgIpc) is 3.03. The number of aromatic amines is 1. The molecule has 1 aliphatic heterocycles. The fourth-order valence-electron chi connectivity index (χ4n) is 3.35. The highest BCUT2D eigenvalue weighted by Gasteiger charge is 2.18. The fourth-order valence-corrected chi connectivity index (χ4v) is 3.47. The van der Waals surface area contributed by atoms with Gasteiger partial charge in [0.15, 0.2) is 5.69 Å². The standard InChI is InChI=1S/C20H22ClN5/c1-15-14-20(26(24-15)17-10-8-16(21)9-11-17)23-18-6-5-7-19(22-18)25-12-3-2-4-13-25/h5-11,14H,2-4,12-13H2,1H3,(H,22,23,24)/p+1. The molecule has 6 heteroatoms. The van der Waals surface area contributed by atoms with Crippen molar-refractivity contribution in [3.63, 3.8) is 0 Å². The number of aryl methyl sites for hydroxylation is 1. The molecule has 0 unspecified atom stereocenters. The maximum absolute atomic E-state index is 6.02. The predicted molar refractivity (Wildman–Crippen MR) is 106 cm³/mol. The molecule has 134 valence electrons. The number of pyridine rings is 1. The molecule has 5 nitrogen and oxygen atoms in total. The summed E-state index contributed by atoms with van der Waals surface area (Å²) in [6.07, 6.45) is 3.80. The van der Waals surface area contributed by atoms with Crippen LogP contribution in [0, 0.1) is 6.92 Å². The predicted octanol–water partition coefficient (Wildman–Crippen LogP) is 4.38. The third kappa shape index (κ3) is 3.68. The van der Waals surface area contributed by atoms with Gasteiger partial charge in [-0.3, -0.25) is 0 Å². The number of hydrogen-bond donors (Lipinski definition) is 2. The van der Waals surface area contributed by atoms with Gasteiger partial charge in [-0.25, -0.2) is 10.4 Å². The molecule has 0 spiro atoms. The Morgan fingerprint density at radius 2 is 1.85 bits per heavy atom. The van der Waals surface area contributed by atoms with Gasteiger partial charge in [0.05, 0.1) is 11.8 Å². The van der Waals surface area contributed by atoms with Gasteiger partial charge in [-0.1, -0.05) is 17.7 Å². The van der Waals surface area contributed by atoms with Crippen molar-refractivity contribution in [2.45, 2.75) is 26.2 Å². The van der Waals surface area contributed by atoms with E-state index in [-0.39, 0.29) is 0 Å². The summed E-state index contributed by atoms with van der Waals surface area (Å²) in [7, 11) is 0. The summed E-state index contributed by atoms with van der Waals surface area (Å²) < 4.78 is 2.00. The Kier molecular flexibility index (Phi) is 4.80. The Hall–Kier alpha value is -2.53. The minimum absolute atomic E-state index is 0.725. The molecule has 1 saturated heterocycles. The number of anilines is 3. The first-order valence-corrected chi connectivity index (χ1v) is 9.43. The summed E-state index contributed by atoms with van der Waals surface area (Å²) in [5, 5.41) is 7.52. The van der Waals surface area contributed by atoms with Crippen molar-refractivity contribution in [3.05, 3.63) is 59.2 Å². The molecule has 0 saturated carbocycles. The first-order chi connectivity index (χ1) is 12.7. The van der Waals surface area contributed by atoms with E-state index in [2.05, 4.69) is 33.5 Å². The molecule has 26 heavy (non-hydrogen) atoms. The van der Waals surface area contributed by atoms with E-state index in [4.69, 9.17) is 16.6 Å². The molecule has 3 aromatic rings. The SMILES string of the molecule is Cc1cc(Nc2cccc(N3CCCCC3)n2)[n+](-c2ccc(Cl)cc2)[nH]1. The van der Waals surface area contributed by atoms with E-state index in [1.165, 1.54) is 19.3 Å². The third-order valence-corrected chi connectivity index (χ3v) is 4.89. The Labute approximate surface area is 158 Å². The molecular weight excluding hydrogens is 346 g/mol. The van der Waals surface area contributed by atoms with Gasteiger partial charge in [0, 0.05) is 24.2 Å². The van der Waals surface area contributed by atoms with Gasteiger partial charge in [-0.05, 0) is 56.5 Å². The Morgan fingerprint density at radius 3 is 2.62 bits per heavy atom. The van der Waals surface area contributed by atoms with Gasteiger partial charge in [-0.15, -0.1) is 4.68 Å². The summed E-state index contributed by atoms with van der Waals surface area (Å²) in [4.78, 5) is 7.18. The summed E-state index contributed by atoms with van der Waals surface area (Å²) in [6, 6.07) is 16.0. The van der Waals surface area contributed by atoms with E-state index in [1.807, 2.05) is 41.9 Å². The highest BCUT2D eigenvalue weighted by molar-refractivity contribution is 6.30. The van der Waals surface area contributed by atoms with Gasteiger partial charge >= 0.3 is 5.82 Å². The third-order valence-electron chi connectivity index (χ3n) is 4.64. The maximum Gasteiger partial charge on any atom is 0.306 e. The molecule has 3 heterocycles. The quantitative estimate of drug-likeness (QED) is 0.672. The second kappa shape index (κ2) is 7.38. The largest absolute Gasteiger partial charge is 0.356 e. The average molecular weight is 369 g/mol. The first kappa shape index (κ1) is 16.9.